The van der Waals surface area contributed by atoms with E-state index < -0.39 is 12.2 Å². The average molecular weight is 306 g/mol. The van der Waals surface area contributed by atoms with Crippen LogP contribution in [0.1, 0.15) is 65.2 Å². The minimum Gasteiger partial charge on any atom is -0.390 e. The van der Waals surface area contributed by atoms with E-state index in [1.165, 1.54) is 19.3 Å². The predicted molar refractivity (Wildman–Crippen MR) is 84.1 cm³/mol. The molecule has 0 saturated heterocycles. The van der Waals surface area contributed by atoms with Crippen molar-refractivity contribution in [2.75, 3.05) is 0 Å². The van der Waals surface area contributed by atoms with E-state index in [1.807, 2.05) is 0 Å². The van der Waals surface area contributed by atoms with Crippen molar-refractivity contribution in [1.29, 1.82) is 0 Å². The highest BCUT2D eigenvalue weighted by atomic mass is 16.3. The molecule has 4 saturated carbocycles. The van der Waals surface area contributed by atoms with Crippen molar-refractivity contribution < 1.29 is 15.0 Å². The number of carbonyl (C=O) groups is 1. The molecule has 0 heterocycles. The van der Waals surface area contributed by atoms with Gasteiger partial charge in [-0.25, -0.2) is 0 Å². The molecule has 4 aliphatic rings. The van der Waals surface area contributed by atoms with Gasteiger partial charge in [-0.3, -0.25) is 4.79 Å². The molecule has 3 heteroatoms. The highest BCUT2D eigenvalue weighted by molar-refractivity contribution is 5.79. The number of rotatable bonds is 0. The summed E-state index contributed by atoms with van der Waals surface area (Å²) in [6.07, 6.45) is 6.89. The summed E-state index contributed by atoms with van der Waals surface area (Å²) in [5, 5.41) is 20.7. The van der Waals surface area contributed by atoms with Gasteiger partial charge in [0.05, 0.1) is 12.2 Å². The van der Waals surface area contributed by atoms with E-state index in [-0.39, 0.29) is 5.41 Å². The van der Waals surface area contributed by atoms with Crippen LogP contribution in [-0.2, 0) is 4.79 Å². The number of carbonyl (C=O) groups excluding carboxylic acids is 1. The normalized spacial score (nSPS) is 57.9. The molecule has 3 nitrogen and oxygen atoms in total. The number of aliphatic hydroxyl groups is 2. The maximum atomic E-state index is 11.9. The Bertz CT molecular complexity index is 489. The zero-order valence-corrected chi connectivity index (χ0v) is 13.9. The molecule has 4 aliphatic carbocycles. The van der Waals surface area contributed by atoms with E-state index in [1.54, 1.807) is 0 Å². The van der Waals surface area contributed by atoms with Gasteiger partial charge in [-0.15, -0.1) is 0 Å². The molecule has 8 atom stereocenters. The number of Topliss-reactive ketones (excluding diaryl/α,β-unsaturated/α-hetero) is 1. The fraction of sp³-hybridized carbons (Fsp3) is 0.947. The first kappa shape index (κ1) is 15.1. The van der Waals surface area contributed by atoms with Crippen LogP contribution >= 0.6 is 0 Å². The van der Waals surface area contributed by atoms with Gasteiger partial charge in [-0.2, -0.15) is 0 Å². The lowest BCUT2D eigenvalue weighted by Gasteiger charge is -2.59. The van der Waals surface area contributed by atoms with Gasteiger partial charge in [0.2, 0.25) is 0 Å². The molecule has 0 bridgehead atoms. The van der Waals surface area contributed by atoms with Gasteiger partial charge in [-0.1, -0.05) is 13.8 Å². The summed E-state index contributed by atoms with van der Waals surface area (Å²) >= 11 is 0. The highest BCUT2D eigenvalue weighted by Crippen LogP contribution is 2.65. The summed E-state index contributed by atoms with van der Waals surface area (Å²) < 4.78 is 0. The molecular formula is C19H30O3. The van der Waals surface area contributed by atoms with Gasteiger partial charge in [0, 0.05) is 12.8 Å². The standard InChI is InChI=1S/C19H30O3/c1-18-7-5-12(20)9-11(18)3-4-13-14(18)6-8-19(2)15(13)10-16(21)17(19)22/h11,13-17,21-22H,3-10H2,1-2H3/t11-,13-,14+,15+,16-,17+,18+,19+/m1/s1. The van der Waals surface area contributed by atoms with Gasteiger partial charge < -0.3 is 10.2 Å². The van der Waals surface area contributed by atoms with Crippen LogP contribution in [0.25, 0.3) is 0 Å². The van der Waals surface area contributed by atoms with Crippen LogP contribution in [0.5, 0.6) is 0 Å². The van der Waals surface area contributed by atoms with E-state index in [0.717, 1.165) is 32.1 Å². The lowest BCUT2D eigenvalue weighted by Crippen LogP contribution is -2.54. The molecule has 0 amide bonds. The maximum Gasteiger partial charge on any atom is 0.133 e. The second-order valence-corrected chi connectivity index (χ2v) is 9.19. The number of hydrogen-bond donors (Lipinski definition) is 2. The Kier molecular flexibility index (Phi) is 3.30. The van der Waals surface area contributed by atoms with Gasteiger partial charge in [0.15, 0.2) is 0 Å². The highest BCUT2D eigenvalue weighted by Gasteiger charge is 2.61. The molecule has 0 spiro atoms. The number of ketones is 1. The molecule has 0 aromatic rings. The number of hydrogen-bond acceptors (Lipinski definition) is 3. The third-order valence-corrected chi connectivity index (χ3v) is 8.46. The van der Waals surface area contributed by atoms with Crippen molar-refractivity contribution in [3.63, 3.8) is 0 Å². The third-order valence-electron chi connectivity index (χ3n) is 8.46. The van der Waals surface area contributed by atoms with Crippen molar-refractivity contribution in [2.24, 2.45) is 34.5 Å². The number of aliphatic hydroxyl groups excluding tert-OH is 2. The Morgan fingerprint density at radius 1 is 1.00 bits per heavy atom. The average Bonchev–Trinajstić information content (AvgIpc) is 2.72. The third kappa shape index (κ3) is 1.84. The summed E-state index contributed by atoms with van der Waals surface area (Å²) in [5.74, 6) is 2.84. The molecule has 124 valence electrons. The molecule has 0 aliphatic heterocycles. The van der Waals surface area contributed by atoms with Crippen LogP contribution in [0.2, 0.25) is 0 Å². The lowest BCUT2D eigenvalue weighted by molar-refractivity contribution is -0.142. The second-order valence-electron chi connectivity index (χ2n) is 9.19. The fourth-order valence-corrected chi connectivity index (χ4v) is 7.03. The largest absolute Gasteiger partial charge is 0.390 e. The fourth-order valence-electron chi connectivity index (χ4n) is 7.03. The van der Waals surface area contributed by atoms with Crippen molar-refractivity contribution >= 4 is 5.78 Å². The van der Waals surface area contributed by atoms with E-state index >= 15 is 0 Å². The van der Waals surface area contributed by atoms with Gasteiger partial charge in [-0.05, 0) is 73.0 Å². The minimum atomic E-state index is -0.545. The quantitative estimate of drug-likeness (QED) is 0.723. The summed E-state index contributed by atoms with van der Waals surface area (Å²) in [5.41, 5.74) is 0.227. The van der Waals surface area contributed by atoms with Gasteiger partial charge in [0.25, 0.3) is 0 Å². The zero-order chi connectivity index (χ0) is 15.7. The van der Waals surface area contributed by atoms with E-state index in [4.69, 9.17) is 0 Å². The smallest absolute Gasteiger partial charge is 0.133 e. The molecule has 0 unspecified atom stereocenters. The van der Waals surface area contributed by atoms with Crippen molar-refractivity contribution in [1.82, 2.24) is 0 Å². The van der Waals surface area contributed by atoms with Crippen LogP contribution in [0.4, 0.5) is 0 Å². The van der Waals surface area contributed by atoms with Crippen LogP contribution < -0.4 is 0 Å². The first-order valence-corrected chi connectivity index (χ1v) is 9.24. The molecular weight excluding hydrogens is 276 g/mol. The molecule has 0 radical (unpaired) electrons. The minimum absolute atomic E-state index is 0.0890. The molecule has 22 heavy (non-hydrogen) atoms. The Hall–Kier alpha value is -0.410. The summed E-state index contributed by atoms with van der Waals surface area (Å²) in [4.78, 5) is 11.9. The Labute approximate surface area is 133 Å². The first-order chi connectivity index (χ1) is 10.4. The Balaban J connectivity index is 1.64. The lowest BCUT2D eigenvalue weighted by atomic mass is 9.45. The summed E-state index contributed by atoms with van der Waals surface area (Å²) in [6, 6.07) is 0. The molecule has 2 N–H and O–H groups in total. The monoisotopic (exact) mass is 306 g/mol. The van der Waals surface area contributed by atoms with Crippen molar-refractivity contribution in [3.05, 3.63) is 0 Å². The summed E-state index contributed by atoms with van der Waals surface area (Å²) in [6.45, 7) is 4.64. The second kappa shape index (κ2) is 4.80. The van der Waals surface area contributed by atoms with Crippen LogP contribution in [0.3, 0.4) is 0 Å². The van der Waals surface area contributed by atoms with Gasteiger partial charge in [0.1, 0.15) is 5.78 Å². The topological polar surface area (TPSA) is 57.5 Å². The van der Waals surface area contributed by atoms with Gasteiger partial charge >= 0.3 is 0 Å². The molecule has 0 aromatic carbocycles. The molecule has 4 rings (SSSR count). The van der Waals surface area contributed by atoms with E-state index in [0.29, 0.717) is 34.9 Å². The number of fused-ring (bicyclic) bond motifs is 5. The first-order valence-electron chi connectivity index (χ1n) is 9.24. The van der Waals surface area contributed by atoms with Crippen molar-refractivity contribution in [3.8, 4) is 0 Å². The molecule has 0 aromatic heterocycles. The van der Waals surface area contributed by atoms with Crippen LogP contribution in [-0.4, -0.2) is 28.2 Å². The SMILES string of the molecule is C[C@]12CCC(=O)C[C@H]1CC[C@@H]1[C@@H]2CC[C@]2(C)[C@@H](O)[C@H](O)C[C@@H]12. The maximum absolute atomic E-state index is 11.9. The Morgan fingerprint density at radius 3 is 2.55 bits per heavy atom. The van der Waals surface area contributed by atoms with Crippen LogP contribution in [0.15, 0.2) is 0 Å². The van der Waals surface area contributed by atoms with E-state index in [2.05, 4.69) is 13.8 Å². The predicted octanol–water partition coefficient (Wildman–Crippen LogP) is 2.93. The zero-order valence-electron chi connectivity index (χ0n) is 13.9. The molecule has 4 fully saturated rings. The van der Waals surface area contributed by atoms with Crippen molar-refractivity contribution in [2.45, 2.75) is 77.4 Å². The summed E-state index contributed by atoms with van der Waals surface area (Å²) in [7, 11) is 0. The van der Waals surface area contributed by atoms with E-state index in [9.17, 15) is 15.0 Å². The Morgan fingerprint density at radius 2 is 1.77 bits per heavy atom. The van der Waals surface area contributed by atoms with Crippen LogP contribution in [0, 0.1) is 34.5 Å².